The maximum absolute atomic E-state index is 12.5. The molecule has 2 aliphatic rings. The first-order valence-electron chi connectivity index (χ1n) is 8.45. The van der Waals surface area contributed by atoms with Gasteiger partial charge in [-0.1, -0.05) is 19.1 Å². The lowest BCUT2D eigenvalue weighted by molar-refractivity contribution is -0.131. The van der Waals surface area contributed by atoms with E-state index < -0.39 is 0 Å². The molecule has 1 atom stereocenters. The number of carbonyl (C=O) groups is 2. The van der Waals surface area contributed by atoms with Gasteiger partial charge in [0.25, 0.3) is 5.91 Å². The van der Waals surface area contributed by atoms with Crippen molar-refractivity contribution >= 4 is 17.5 Å². The second-order valence-electron chi connectivity index (χ2n) is 6.47. The number of nitrogens with zero attached hydrogens (tertiary/aromatic N) is 2. The Hall–Kier alpha value is -2.04. The Kier molecular flexibility index (Phi) is 4.84. The van der Waals surface area contributed by atoms with Crippen LogP contribution >= 0.6 is 0 Å². The van der Waals surface area contributed by atoms with Crippen molar-refractivity contribution in [1.82, 2.24) is 4.90 Å². The fourth-order valence-electron chi connectivity index (χ4n) is 3.28. The molecular weight excluding hydrogens is 292 g/mol. The van der Waals surface area contributed by atoms with Gasteiger partial charge in [0, 0.05) is 26.1 Å². The number of amides is 2. The molecule has 2 heterocycles. The molecule has 0 saturated carbocycles. The van der Waals surface area contributed by atoms with Crippen LogP contribution < -0.4 is 9.64 Å². The van der Waals surface area contributed by atoms with E-state index in [0.717, 1.165) is 31.6 Å². The highest BCUT2D eigenvalue weighted by Gasteiger charge is 2.26. The van der Waals surface area contributed by atoms with E-state index in [0.29, 0.717) is 24.6 Å². The molecule has 3 rings (SSSR count). The van der Waals surface area contributed by atoms with Crippen molar-refractivity contribution in [3.05, 3.63) is 24.3 Å². The summed E-state index contributed by atoms with van der Waals surface area (Å²) < 4.78 is 5.43. The minimum atomic E-state index is -0.0824. The number of hydrogen-bond acceptors (Lipinski definition) is 3. The molecule has 1 saturated heterocycles. The van der Waals surface area contributed by atoms with Gasteiger partial charge in [0.2, 0.25) is 5.91 Å². The Morgan fingerprint density at radius 1 is 1.26 bits per heavy atom. The van der Waals surface area contributed by atoms with Crippen LogP contribution in [0.3, 0.4) is 0 Å². The van der Waals surface area contributed by atoms with Gasteiger partial charge in [-0.2, -0.15) is 0 Å². The van der Waals surface area contributed by atoms with Crippen molar-refractivity contribution in [3.8, 4) is 5.75 Å². The number of rotatable bonds is 3. The minimum absolute atomic E-state index is 0.0480. The molecule has 124 valence electrons. The van der Waals surface area contributed by atoms with E-state index >= 15 is 0 Å². The zero-order valence-corrected chi connectivity index (χ0v) is 13.7. The molecule has 2 amide bonds. The minimum Gasteiger partial charge on any atom is -0.482 e. The van der Waals surface area contributed by atoms with Gasteiger partial charge in [0.05, 0.1) is 5.69 Å². The largest absolute Gasteiger partial charge is 0.482 e. The first-order valence-corrected chi connectivity index (χ1v) is 8.45. The smallest absolute Gasteiger partial charge is 0.265 e. The summed E-state index contributed by atoms with van der Waals surface area (Å²) in [7, 11) is 0. The maximum Gasteiger partial charge on any atom is 0.265 e. The van der Waals surface area contributed by atoms with Gasteiger partial charge in [-0.05, 0) is 37.3 Å². The molecule has 5 nitrogen and oxygen atoms in total. The molecule has 23 heavy (non-hydrogen) atoms. The molecule has 0 aliphatic carbocycles. The zero-order valence-electron chi connectivity index (χ0n) is 13.7. The van der Waals surface area contributed by atoms with Crippen LogP contribution in [0.5, 0.6) is 5.75 Å². The predicted molar refractivity (Wildman–Crippen MR) is 88.5 cm³/mol. The summed E-state index contributed by atoms with van der Waals surface area (Å²) in [5.41, 5.74) is 0.765. The zero-order chi connectivity index (χ0) is 16.2. The highest BCUT2D eigenvalue weighted by Crippen LogP contribution is 2.31. The molecule has 2 aliphatic heterocycles. The van der Waals surface area contributed by atoms with Gasteiger partial charge in [-0.15, -0.1) is 0 Å². The van der Waals surface area contributed by atoms with Gasteiger partial charge in [0.15, 0.2) is 6.61 Å². The quantitative estimate of drug-likeness (QED) is 0.860. The van der Waals surface area contributed by atoms with Crippen molar-refractivity contribution < 1.29 is 14.3 Å². The van der Waals surface area contributed by atoms with Crippen LogP contribution in [0.1, 0.15) is 32.6 Å². The fraction of sp³-hybridized carbons (Fsp3) is 0.556. The van der Waals surface area contributed by atoms with Crippen LogP contribution in [0.15, 0.2) is 24.3 Å². The number of benzene rings is 1. The summed E-state index contributed by atoms with van der Waals surface area (Å²) in [6.45, 7) is 4.40. The Bertz CT molecular complexity index is 587. The van der Waals surface area contributed by atoms with E-state index in [9.17, 15) is 9.59 Å². The molecule has 0 aromatic heterocycles. The third-order valence-corrected chi connectivity index (χ3v) is 4.73. The van der Waals surface area contributed by atoms with Crippen molar-refractivity contribution in [1.29, 1.82) is 0 Å². The summed E-state index contributed by atoms with van der Waals surface area (Å²) in [5, 5.41) is 0. The van der Waals surface area contributed by atoms with Gasteiger partial charge in [-0.3, -0.25) is 9.59 Å². The van der Waals surface area contributed by atoms with Crippen LogP contribution in [0.4, 0.5) is 5.69 Å². The summed E-state index contributed by atoms with van der Waals surface area (Å²) in [6, 6.07) is 7.49. The molecule has 5 heteroatoms. The normalized spacial score (nSPS) is 21.4. The molecule has 1 aromatic carbocycles. The summed E-state index contributed by atoms with van der Waals surface area (Å²) >= 11 is 0. The van der Waals surface area contributed by atoms with E-state index in [4.69, 9.17) is 4.74 Å². The number of carbonyl (C=O) groups excluding carboxylic acids is 2. The van der Waals surface area contributed by atoms with Crippen LogP contribution in [0.25, 0.3) is 0 Å². The number of anilines is 1. The number of ether oxygens (including phenoxy) is 1. The van der Waals surface area contributed by atoms with Gasteiger partial charge >= 0.3 is 0 Å². The van der Waals surface area contributed by atoms with Crippen molar-refractivity contribution in [2.24, 2.45) is 5.92 Å². The Balaban J connectivity index is 1.61. The second kappa shape index (κ2) is 7.02. The molecule has 0 unspecified atom stereocenters. The number of likely N-dealkylation sites (tertiary alicyclic amines) is 1. The van der Waals surface area contributed by atoms with Crippen molar-refractivity contribution in [3.63, 3.8) is 0 Å². The van der Waals surface area contributed by atoms with E-state index in [1.165, 1.54) is 6.42 Å². The molecular formula is C18H24N2O3. The van der Waals surface area contributed by atoms with Gasteiger partial charge in [0.1, 0.15) is 5.75 Å². The van der Waals surface area contributed by atoms with Gasteiger partial charge in [-0.25, -0.2) is 0 Å². The monoisotopic (exact) mass is 316 g/mol. The molecule has 0 spiro atoms. The van der Waals surface area contributed by atoms with E-state index in [1.54, 1.807) is 4.90 Å². The lowest BCUT2D eigenvalue weighted by atomic mass is 10.0. The third-order valence-electron chi connectivity index (χ3n) is 4.73. The molecule has 1 fully saturated rings. The lowest BCUT2D eigenvalue weighted by Crippen LogP contribution is -2.42. The number of hydrogen-bond donors (Lipinski definition) is 0. The first kappa shape index (κ1) is 15.8. The summed E-state index contributed by atoms with van der Waals surface area (Å²) in [5.74, 6) is 1.47. The molecule has 0 N–H and O–H groups in total. The van der Waals surface area contributed by atoms with Crippen LogP contribution in [-0.4, -0.2) is 43.0 Å². The average molecular weight is 316 g/mol. The number of para-hydroxylation sites is 2. The Morgan fingerprint density at radius 2 is 2.09 bits per heavy atom. The summed E-state index contributed by atoms with van der Waals surface area (Å²) in [4.78, 5) is 28.2. The average Bonchev–Trinajstić information content (AvgIpc) is 2.78. The lowest BCUT2D eigenvalue weighted by Gasteiger charge is -2.30. The SMILES string of the molecule is C[C@@H]1CCCN(C(=O)CCN2C(=O)COc3ccccc32)CC1. The van der Waals surface area contributed by atoms with Crippen LogP contribution in [0, 0.1) is 5.92 Å². The molecule has 0 bridgehead atoms. The Morgan fingerprint density at radius 3 is 2.96 bits per heavy atom. The topological polar surface area (TPSA) is 49.9 Å². The first-order chi connectivity index (χ1) is 11.1. The maximum atomic E-state index is 12.5. The van der Waals surface area contributed by atoms with Crippen LogP contribution in [0.2, 0.25) is 0 Å². The summed E-state index contributed by atoms with van der Waals surface area (Å²) in [6.07, 6.45) is 3.71. The third kappa shape index (κ3) is 3.66. The van der Waals surface area contributed by atoms with E-state index in [2.05, 4.69) is 6.92 Å². The molecule has 0 radical (unpaired) electrons. The van der Waals surface area contributed by atoms with Crippen molar-refractivity contribution in [2.75, 3.05) is 31.1 Å². The van der Waals surface area contributed by atoms with Gasteiger partial charge < -0.3 is 14.5 Å². The van der Waals surface area contributed by atoms with E-state index in [-0.39, 0.29) is 18.4 Å². The number of fused-ring (bicyclic) bond motifs is 1. The highest BCUT2D eigenvalue weighted by atomic mass is 16.5. The Labute approximate surface area is 137 Å². The molecule has 1 aromatic rings. The van der Waals surface area contributed by atoms with Crippen molar-refractivity contribution in [2.45, 2.75) is 32.6 Å². The van der Waals surface area contributed by atoms with E-state index in [1.807, 2.05) is 29.2 Å². The standard InChI is InChI=1S/C18H24N2O3/c1-14-5-4-10-19(11-8-14)17(21)9-12-20-15-6-2-3-7-16(15)23-13-18(20)22/h2-3,6-7,14H,4-5,8-13H2,1H3/t14-/m1/s1. The van der Waals surface area contributed by atoms with Crippen LogP contribution in [-0.2, 0) is 9.59 Å². The predicted octanol–water partition coefficient (Wildman–Crippen LogP) is 2.45. The second-order valence-corrected chi connectivity index (χ2v) is 6.47. The fourth-order valence-corrected chi connectivity index (χ4v) is 3.28. The highest BCUT2D eigenvalue weighted by molar-refractivity contribution is 5.98.